The molecule has 16 heteroatoms. The van der Waals surface area contributed by atoms with Crippen LogP contribution in [0.4, 0.5) is 10.2 Å². The third-order valence-electron chi connectivity index (χ3n) is 10.6. The smallest absolute Gasteiger partial charge is 0.336 e. The van der Waals surface area contributed by atoms with E-state index in [0.29, 0.717) is 43.8 Å². The summed E-state index contributed by atoms with van der Waals surface area (Å²) >= 11 is 0. The fourth-order valence-corrected chi connectivity index (χ4v) is 7.68. The lowest BCUT2D eigenvalue weighted by molar-refractivity contribution is -0.133. The van der Waals surface area contributed by atoms with Gasteiger partial charge in [-0.25, -0.2) is 19.0 Å². The number of carbonyl (C=O) groups excluding carboxylic acids is 4. The number of hydrogen-bond donors (Lipinski definition) is 1. The van der Waals surface area contributed by atoms with E-state index >= 15 is 4.39 Å². The van der Waals surface area contributed by atoms with Gasteiger partial charge in [-0.1, -0.05) is 20.8 Å². The Morgan fingerprint density at radius 1 is 1.05 bits per heavy atom. The molecule has 0 unspecified atom stereocenters. The SMILES string of the molecule is CCN(C(=O)c1cc(F)c2c(c1Oc1nncnc1N1CCC3(C1)CN([C@H](CCCNC[C@H](C)CC(=O)N(C)C)C(C)C)C3)OC(=O)/C=C/C(=O)O2)C(C)C. The van der Waals surface area contributed by atoms with Crippen LogP contribution in [-0.4, -0.2) is 126 Å². The molecule has 0 saturated carbocycles. The van der Waals surface area contributed by atoms with Crippen molar-refractivity contribution in [3.63, 3.8) is 0 Å². The van der Waals surface area contributed by atoms with Crippen molar-refractivity contribution in [3.8, 4) is 23.1 Å². The van der Waals surface area contributed by atoms with Gasteiger partial charge in [0, 0.05) is 82.9 Å². The predicted molar refractivity (Wildman–Crippen MR) is 203 cm³/mol. The average molecular weight is 767 g/mol. The van der Waals surface area contributed by atoms with Crippen LogP contribution in [0.25, 0.3) is 0 Å². The summed E-state index contributed by atoms with van der Waals surface area (Å²) in [6, 6.07) is 1.08. The maximum atomic E-state index is 15.6. The summed E-state index contributed by atoms with van der Waals surface area (Å²) in [6.45, 7) is 17.2. The van der Waals surface area contributed by atoms with Crippen molar-refractivity contribution in [2.75, 3.05) is 64.8 Å². The summed E-state index contributed by atoms with van der Waals surface area (Å²) in [6.07, 6.45) is 6.51. The number of nitrogens with zero attached hydrogens (tertiary/aromatic N) is 7. The summed E-state index contributed by atoms with van der Waals surface area (Å²) in [5.41, 5.74) is -0.225. The molecule has 5 rings (SSSR count). The highest BCUT2D eigenvalue weighted by Crippen LogP contribution is 2.48. The van der Waals surface area contributed by atoms with Crippen LogP contribution in [0.15, 0.2) is 24.5 Å². The topological polar surface area (TPSA) is 160 Å². The summed E-state index contributed by atoms with van der Waals surface area (Å²) in [7, 11) is 3.57. The Kier molecular flexibility index (Phi) is 13.4. The zero-order valence-corrected chi connectivity index (χ0v) is 33.3. The zero-order chi connectivity index (χ0) is 40.0. The molecule has 0 radical (unpaired) electrons. The second kappa shape index (κ2) is 17.8. The van der Waals surface area contributed by atoms with Crippen LogP contribution in [0.5, 0.6) is 23.1 Å². The van der Waals surface area contributed by atoms with E-state index in [1.54, 1.807) is 25.9 Å². The molecule has 15 nitrogen and oxygen atoms in total. The maximum Gasteiger partial charge on any atom is 0.336 e. The number of esters is 2. The summed E-state index contributed by atoms with van der Waals surface area (Å²) in [5, 5.41) is 11.7. The summed E-state index contributed by atoms with van der Waals surface area (Å²) < 4.78 is 32.5. The molecule has 1 aromatic carbocycles. The fraction of sp³-hybridized carbons (Fsp3) is 0.615. The van der Waals surface area contributed by atoms with Crippen molar-refractivity contribution >= 4 is 29.6 Å². The van der Waals surface area contributed by atoms with Crippen molar-refractivity contribution in [3.05, 3.63) is 35.9 Å². The molecule has 3 aliphatic heterocycles. The van der Waals surface area contributed by atoms with E-state index in [1.165, 1.54) is 11.2 Å². The molecule has 1 spiro atoms. The first-order valence-corrected chi connectivity index (χ1v) is 19.2. The third-order valence-corrected chi connectivity index (χ3v) is 10.6. The van der Waals surface area contributed by atoms with Crippen molar-refractivity contribution < 1.29 is 37.8 Å². The Bertz CT molecular complexity index is 1760. The van der Waals surface area contributed by atoms with Crippen LogP contribution in [-0.2, 0) is 14.4 Å². The molecular formula is C39H55FN8O7. The Labute approximate surface area is 322 Å². The number of hydrogen-bond acceptors (Lipinski definition) is 13. The van der Waals surface area contributed by atoms with Gasteiger partial charge in [0.05, 0.1) is 5.56 Å². The number of halogens is 1. The van der Waals surface area contributed by atoms with E-state index in [0.717, 1.165) is 63.7 Å². The zero-order valence-electron chi connectivity index (χ0n) is 33.3. The van der Waals surface area contributed by atoms with Crippen LogP contribution in [0.1, 0.15) is 77.6 Å². The number of ether oxygens (including phenoxy) is 3. The minimum absolute atomic E-state index is 0.0311. The van der Waals surface area contributed by atoms with E-state index in [4.69, 9.17) is 14.2 Å². The third kappa shape index (κ3) is 9.76. The second-order valence-corrected chi connectivity index (χ2v) is 15.8. The van der Waals surface area contributed by atoms with Gasteiger partial charge in [-0.3, -0.25) is 14.5 Å². The number of rotatable bonds is 16. The summed E-state index contributed by atoms with van der Waals surface area (Å²) in [4.78, 5) is 63.2. The van der Waals surface area contributed by atoms with Gasteiger partial charge < -0.3 is 34.2 Å². The number of nitrogens with one attached hydrogen (secondary N) is 1. The van der Waals surface area contributed by atoms with Crippen molar-refractivity contribution in [1.29, 1.82) is 0 Å². The normalized spacial score (nSPS) is 18.2. The number of aromatic nitrogens is 3. The van der Waals surface area contributed by atoms with Gasteiger partial charge in [0.25, 0.3) is 11.8 Å². The minimum atomic E-state index is -1.09. The lowest BCUT2D eigenvalue weighted by Gasteiger charge is -2.53. The Morgan fingerprint density at radius 3 is 2.38 bits per heavy atom. The molecule has 4 heterocycles. The van der Waals surface area contributed by atoms with Gasteiger partial charge >= 0.3 is 11.9 Å². The van der Waals surface area contributed by atoms with E-state index < -0.39 is 35.2 Å². The minimum Gasteiger partial charge on any atom is -0.430 e. The van der Waals surface area contributed by atoms with Crippen molar-refractivity contribution in [1.82, 2.24) is 35.2 Å². The lowest BCUT2D eigenvalue weighted by atomic mass is 9.76. The Hall–Kier alpha value is -4.70. The molecule has 2 amide bonds. The quantitative estimate of drug-likeness (QED) is 0.148. The lowest BCUT2D eigenvalue weighted by Crippen LogP contribution is -2.62. The van der Waals surface area contributed by atoms with E-state index in [9.17, 15) is 19.2 Å². The van der Waals surface area contributed by atoms with Crippen molar-refractivity contribution in [2.24, 2.45) is 17.3 Å². The Balaban J connectivity index is 1.30. The average Bonchev–Trinajstić information content (AvgIpc) is 3.56. The second-order valence-electron chi connectivity index (χ2n) is 15.8. The molecule has 3 aliphatic rings. The van der Waals surface area contributed by atoms with Crippen LogP contribution in [0.3, 0.4) is 0 Å². The van der Waals surface area contributed by atoms with E-state index in [2.05, 4.69) is 51.1 Å². The molecule has 2 aromatic rings. The first-order valence-electron chi connectivity index (χ1n) is 19.2. The summed E-state index contributed by atoms with van der Waals surface area (Å²) in [5.74, 6) is -4.12. The van der Waals surface area contributed by atoms with Crippen LogP contribution < -0.4 is 24.4 Å². The standard InChI is InChI=1S/C39H55FN8O7/c1-9-48(25(4)5)38(52)27-18-28(40)34-35(54-32(51)13-12-31(50)53-34)33(27)55-37-36(42-23-43-44-37)46-16-14-39(20-46)21-47(22-39)29(24(2)3)11-10-15-41-19-26(6)17-30(49)45(7)8/h12-13,18,23-26,29,41H,9-11,14-17,19-22H2,1-8H3/b13-12+/t26-,29-/m1/s1. The fourth-order valence-electron chi connectivity index (χ4n) is 7.68. The van der Waals surface area contributed by atoms with Gasteiger partial charge in [-0.2, -0.15) is 0 Å². The Morgan fingerprint density at radius 2 is 1.75 bits per heavy atom. The molecule has 0 bridgehead atoms. The number of fused-ring (bicyclic) bond motifs is 1. The molecule has 55 heavy (non-hydrogen) atoms. The number of anilines is 1. The first kappa shape index (κ1) is 41.5. The molecule has 2 atom stereocenters. The maximum absolute atomic E-state index is 15.6. The molecule has 300 valence electrons. The number of likely N-dealkylation sites (tertiary alicyclic amines) is 1. The number of benzene rings is 1. The van der Waals surface area contributed by atoms with Gasteiger partial charge in [0.2, 0.25) is 17.4 Å². The number of carbonyl (C=O) groups is 4. The molecule has 1 N–H and O–H groups in total. The van der Waals surface area contributed by atoms with Gasteiger partial charge in [-0.15, -0.1) is 10.2 Å². The van der Waals surface area contributed by atoms with Crippen LogP contribution >= 0.6 is 0 Å². The molecule has 0 aliphatic carbocycles. The monoisotopic (exact) mass is 766 g/mol. The largest absolute Gasteiger partial charge is 0.430 e. The number of amides is 2. The van der Waals surface area contributed by atoms with Gasteiger partial charge in [0.15, 0.2) is 17.4 Å². The van der Waals surface area contributed by atoms with E-state index in [1.807, 2.05) is 13.8 Å². The van der Waals surface area contributed by atoms with Gasteiger partial charge in [-0.05, 0) is 71.0 Å². The van der Waals surface area contributed by atoms with Gasteiger partial charge in [0.1, 0.15) is 6.33 Å². The first-order chi connectivity index (χ1) is 26.1. The highest BCUT2D eigenvalue weighted by molar-refractivity contribution is 6.01. The van der Waals surface area contributed by atoms with Crippen molar-refractivity contribution in [2.45, 2.75) is 79.3 Å². The predicted octanol–water partition coefficient (Wildman–Crippen LogP) is 4.08. The molecule has 2 saturated heterocycles. The molecular weight excluding hydrogens is 711 g/mol. The van der Waals surface area contributed by atoms with Crippen LogP contribution in [0, 0.1) is 23.1 Å². The van der Waals surface area contributed by atoms with E-state index in [-0.39, 0.29) is 40.5 Å². The molecule has 2 fully saturated rings. The van der Waals surface area contributed by atoms with Crippen LogP contribution in [0.2, 0.25) is 0 Å². The highest BCUT2D eigenvalue weighted by atomic mass is 19.1. The highest BCUT2D eigenvalue weighted by Gasteiger charge is 2.50. The molecule has 1 aromatic heterocycles.